The molecular formula is C18H25ClN2. The third-order valence-electron chi connectivity index (χ3n) is 4.55. The van der Waals surface area contributed by atoms with Crippen molar-refractivity contribution >= 4 is 0 Å². The molecule has 2 aromatic rings. The van der Waals surface area contributed by atoms with Crippen LogP contribution in [0.5, 0.6) is 0 Å². The minimum atomic E-state index is 0. The van der Waals surface area contributed by atoms with Gasteiger partial charge in [-0.15, -0.1) is 0 Å². The molecule has 0 aliphatic heterocycles. The summed E-state index contributed by atoms with van der Waals surface area (Å²) in [6.07, 6.45) is 13.6. The van der Waals surface area contributed by atoms with E-state index >= 15 is 0 Å². The average Bonchev–Trinajstić information content (AvgIpc) is 2.88. The van der Waals surface area contributed by atoms with E-state index < -0.39 is 0 Å². The molecule has 3 heteroatoms. The van der Waals surface area contributed by atoms with Crippen LogP contribution in [-0.2, 0) is 0 Å². The molecule has 2 nitrogen and oxygen atoms in total. The Balaban J connectivity index is 0.00000161. The van der Waals surface area contributed by atoms with Crippen molar-refractivity contribution in [1.82, 2.24) is 4.57 Å². The van der Waals surface area contributed by atoms with Crippen LogP contribution in [0.4, 0.5) is 0 Å². The molecule has 1 aromatic heterocycles. The number of rotatable bonds is 2. The number of imidazole rings is 1. The van der Waals surface area contributed by atoms with Gasteiger partial charge in [0.1, 0.15) is 24.1 Å². The molecule has 0 unspecified atom stereocenters. The summed E-state index contributed by atoms with van der Waals surface area (Å²) in [5.74, 6) is 0. The Labute approximate surface area is 134 Å². The summed E-state index contributed by atoms with van der Waals surface area (Å²) in [6.45, 7) is 6.59. The molecule has 0 spiro atoms. The second-order valence-electron chi connectivity index (χ2n) is 6.31. The van der Waals surface area contributed by atoms with E-state index in [-0.39, 0.29) is 12.4 Å². The van der Waals surface area contributed by atoms with Crippen LogP contribution in [0.25, 0.3) is 5.69 Å². The molecule has 1 saturated carbocycles. The Bertz CT molecular complexity index is 586. The SMILES string of the molecule is Cc1cc(C)c(-n2cc[n+](C3CCCCC3)c2)c(C)c1.[Cl-]. The van der Waals surface area contributed by atoms with Gasteiger partial charge in [-0.3, -0.25) is 0 Å². The van der Waals surface area contributed by atoms with E-state index in [2.05, 4.69) is 60.8 Å². The van der Waals surface area contributed by atoms with Gasteiger partial charge in [-0.25, -0.2) is 9.13 Å². The monoisotopic (exact) mass is 304 g/mol. The lowest BCUT2D eigenvalue weighted by Crippen LogP contribution is -3.00. The van der Waals surface area contributed by atoms with Gasteiger partial charge in [-0.1, -0.05) is 24.1 Å². The van der Waals surface area contributed by atoms with Gasteiger partial charge >= 0.3 is 0 Å². The summed E-state index contributed by atoms with van der Waals surface area (Å²) in [6, 6.07) is 5.25. The molecule has 1 aromatic carbocycles. The van der Waals surface area contributed by atoms with Gasteiger partial charge in [-0.2, -0.15) is 0 Å². The molecule has 21 heavy (non-hydrogen) atoms. The highest BCUT2D eigenvalue weighted by molar-refractivity contribution is 5.48. The number of hydrogen-bond acceptors (Lipinski definition) is 0. The zero-order chi connectivity index (χ0) is 14.1. The molecule has 114 valence electrons. The molecule has 0 atom stereocenters. The zero-order valence-corrected chi connectivity index (χ0v) is 14.0. The van der Waals surface area contributed by atoms with Crippen molar-refractivity contribution < 1.29 is 17.0 Å². The lowest BCUT2D eigenvalue weighted by molar-refractivity contribution is -0.725. The maximum Gasteiger partial charge on any atom is 0.249 e. The average molecular weight is 305 g/mol. The van der Waals surface area contributed by atoms with Crippen molar-refractivity contribution in [1.29, 1.82) is 0 Å². The van der Waals surface area contributed by atoms with Crippen molar-refractivity contribution in [2.75, 3.05) is 0 Å². The number of aromatic nitrogens is 2. The predicted octanol–water partition coefficient (Wildman–Crippen LogP) is 1.20. The first kappa shape index (κ1) is 16.1. The summed E-state index contributed by atoms with van der Waals surface area (Å²) in [7, 11) is 0. The van der Waals surface area contributed by atoms with E-state index in [1.165, 1.54) is 54.5 Å². The van der Waals surface area contributed by atoms with Crippen molar-refractivity contribution in [2.24, 2.45) is 0 Å². The third kappa shape index (κ3) is 3.32. The van der Waals surface area contributed by atoms with Gasteiger partial charge in [0, 0.05) is 0 Å². The molecule has 1 aliphatic rings. The van der Waals surface area contributed by atoms with Gasteiger partial charge < -0.3 is 12.4 Å². The Morgan fingerprint density at radius 3 is 2.24 bits per heavy atom. The van der Waals surface area contributed by atoms with Crippen molar-refractivity contribution in [3.05, 3.63) is 47.5 Å². The summed E-state index contributed by atoms with van der Waals surface area (Å²) < 4.78 is 4.70. The van der Waals surface area contributed by atoms with Crippen LogP contribution in [0.15, 0.2) is 30.9 Å². The molecule has 0 bridgehead atoms. The van der Waals surface area contributed by atoms with E-state index in [9.17, 15) is 0 Å². The van der Waals surface area contributed by atoms with E-state index in [0.717, 1.165) is 0 Å². The lowest BCUT2D eigenvalue weighted by atomic mass is 9.95. The van der Waals surface area contributed by atoms with E-state index in [0.29, 0.717) is 6.04 Å². The molecular weight excluding hydrogens is 280 g/mol. The Morgan fingerprint density at radius 1 is 1.00 bits per heavy atom. The molecule has 1 fully saturated rings. The maximum absolute atomic E-state index is 2.41. The Kier molecular flexibility index (Phi) is 5.10. The van der Waals surface area contributed by atoms with Crippen LogP contribution in [-0.4, -0.2) is 4.57 Å². The minimum Gasteiger partial charge on any atom is -1.00 e. The fraction of sp³-hybridized carbons (Fsp3) is 0.500. The topological polar surface area (TPSA) is 8.81 Å². The molecule has 0 radical (unpaired) electrons. The van der Waals surface area contributed by atoms with Crippen LogP contribution in [0, 0.1) is 20.8 Å². The number of benzene rings is 1. The highest BCUT2D eigenvalue weighted by Gasteiger charge is 2.21. The minimum absolute atomic E-state index is 0. The smallest absolute Gasteiger partial charge is 0.249 e. The number of aryl methyl sites for hydroxylation is 3. The fourth-order valence-electron chi connectivity index (χ4n) is 3.68. The van der Waals surface area contributed by atoms with E-state index in [4.69, 9.17) is 0 Å². The van der Waals surface area contributed by atoms with Gasteiger partial charge in [0.05, 0.1) is 0 Å². The highest BCUT2D eigenvalue weighted by atomic mass is 35.5. The van der Waals surface area contributed by atoms with Gasteiger partial charge in [-0.05, 0) is 57.6 Å². The lowest BCUT2D eigenvalue weighted by Gasteiger charge is -2.18. The van der Waals surface area contributed by atoms with Crippen LogP contribution in [0.2, 0.25) is 0 Å². The van der Waals surface area contributed by atoms with E-state index in [1.807, 2.05) is 0 Å². The highest BCUT2D eigenvalue weighted by Crippen LogP contribution is 2.24. The van der Waals surface area contributed by atoms with Gasteiger partial charge in [0.2, 0.25) is 6.33 Å². The second kappa shape index (κ2) is 6.65. The largest absolute Gasteiger partial charge is 1.00 e. The maximum atomic E-state index is 2.41. The first-order valence-corrected chi connectivity index (χ1v) is 7.82. The predicted molar refractivity (Wildman–Crippen MR) is 82.3 cm³/mol. The molecule has 0 amide bonds. The Hall–Kier alpha value is -1.28. The van der Waals surface area contributed by atoms with Gasteiger partial charge in [0.15, 0.2) is 0 Å². The molecule has 0 N–H and O–H groups in total. The third-order valence-corrected chi connectivity index (χ3v) is 4.55. The van der Waals surface area contributed by atoms with Crippen LogP contribution in [0.3, 0.4) is 0 Å². The molecule has 1 aliphatic carbocycles. The fourth-order valence-corrected chi connectivity index (χ4v) is 3.68. The van der Waals surface area contributed by atoms with Gasteiger partial charge in [0.25, 0.3) is 0 Å². The normalized spacial score (nSPS) is 15.8. The molecule has 0 saturated heterocycles. The number of halogens is 1. The quantitative estimate of drug-likeness (QED) is 0.737. The first-order valence-electron chi connectivity index (χ1n) is 7.82. The molecule has 3 rings (SSSR count). The number of hydrogen-bond donors (Lipinski definition) is 0. The summed E-state index contributed by atoms with van der Waals surface area (Å²) in [5.41, 5.74) is 5.39. The first-order chi connectivity index (χ1) is 9.65. The summed E-state index contributed by atoms with van der Waals surface area (Å²) >= 11 is 0. The zero-order valence-electron chi connectivity index (χ0n) is 13.3. The standard InChI is InChI=1S/C18H25N2.ClH/c1-14-11-15(2)18(16(3)12-14)20-10-9-19(13-20)17-7-5-4-6-8-17;/h9-13,17H,4-8H2,1-3H3;1H/q+1;/p-1. The van der Waals surface area contributed by atoms with Crippen molar-refractivity contribution in [3.8, 4) is 5.69 Å². The second-order valence-corrected chi connectivity index (χ2v) is 6.31. The van der Waals surface area contributed by atoms with Crippen LogP contribution < -0.4 is 17.0 Å². The molecule has 1 heterocycles. The van der Waals surface area contributed by atoms with Crippen LogP contribution in [0.1, 0.15) is 54.8 Å². The van der Waals surface area contributed by atoms with Crippen molar-refractivity contribution in [3.63, 3.8) is 0 Å². The Morgan fingerprint density at radius 2 is 1.62 bits per heavy atom. The van der Waals surface area contributed by atoms with Crippen molar-refractivity contribution in [2.45, 2.75) is 58.9 Å². The summed E-state index contributed by atoms with van der Waals surface area (Å²) in [4.78, 5) is 0. The number of nitrogens with zero attached hydrogens (tertiary/aromatic N) is 2. The van der Waals surface area contributed by atoms with E-state index in [1.54, 1.807) is 0 Å². The van der Waals surface area contributed by atoms with Crippen LogP contribution >= 0.6 is 0 Å². The summed E-state index contributed by atoms with van der Waals surface area (Å²) in [5, 5.41) is 0.